The van der Waals surface area contributed by atoms with Gasteiger partial charge in [0, 0.05) is 10.3 Å². The third-order valence-electron chi connectivity index (χ3n) is 1.42. The molecule has 0 aromatic carbocycles. The summed E-state index contributed by atoms with van der Waals surface area (Å²) in [5, 5.41) is 32.7. The van der Waals surface area contributed by atoms with Crippen molar-refractivity contribution in [2.75, 3.05) is 0 Å². The maximum absolute atomic E-state index is 10.4. The molecule has 0 saturated heterocycles. The molecule has 2 rings (SSSR count). The molecule has 0 N–H and O–H groups in total. The molecule has 2 heterocycles. The molecule has 0 aliphatic carbocycles. The van der Waals surface area contributed by atoms with Crippen molar-refractivity contribution >= 4 is 11.6 Å². The first-order chi connectivity index (χ1) is 8.09. The fraction of sp³-hybridized carbons (Fsp3) is 0. The molecule has 0 fully saturated rings. The standard InChI is InChI=1S/C4N6O7/c11-9(12)1-3(7-16-5-1)15-4-2(10(13)14)6-17-8-4. The van der Waals surface area contributed by atoms with Crippen molar-refractivity contribution in [3.63, 3.8) is 0 Å². The minimum Gasteiger partial charge on any atom is -0.401 e. The lowest BCUT2D eigenvalue weighted by Crippen LogP contribution is -1.95. The number of rotatable bonds is 4. The van der Waals surface area contributed by atoms with Crippen LogP contribution in [0.5, 0.6) is 11.8 Å². The summed E-state index contributed by atoms with van der Waals surface area (Å²) in [6.07, 6.45) is 0. The van der Waals surface area contributed by atoms with E-state index < -0.39 is 33.2 Å². The molecule has 0 saturated carbocycles. The highest BCUT2D eigenvalue weighted by Crippen LogP contribution is 2.30. The molecule has 0 aliphatic heterocycles. The largest absolute Gasteiger partial charge is 0.478 e. The Morgan fingerprint density at radius 3 is 1.65 bits per heavy atom. The lowest BCUT2D eigenvalue weighted by molar-refractivity contribution is -0.393. The molecule has 13 heteroatoms. The smallest absolute Gasteiger partial charge is 0.401 e. The van der Waals surface area contributed by atoms with Gasteiger partial charge >= 0.3 is 23.4 Å². The molecule has 0 spiro atoms. The van der Waals surface area contributed by atoms with Crippen molar-refractivity contribution in [2.24, 2.45) is 0 Å². The Hall–Kier alpha value is -3.12. The predicted octanol–water partition coefficient (Wildman–Crippen LogP) is 0.0613. The number of ether oxygens (including phenoxy) is 1. The minimum atomic E-state index is -0.953. The second-order valence-corrected chi connectivity index (χ2v) is 2.40. The van der Waals surface area contributed by atoms with E-state index in [9.17, 15) is 20.2 Å². The van der Waals surface area contributed by atoms with Gasteiger partial charge in [-0.2, -0.15) is 0 Å². The van der Waals surface area contributed by atoms with Crippen LogP contribution in [0.3, 0.4) is 0 Å². The summed E-state index contributed by atoms with van der Waals surface area (Å²) < 4.78 is 12.7. The third kappa shape index (κ3) is 1.83. The van der Waals surface area contributed by atoms with Gasteiger partial charge in [0.05, 0.1) is 0 Å². The van der Waals surface area contributed by atoms with Crippen LogP contribution < -0.4 is 4.74 Å². The van der Waals surface area contributed by atoms with Crippen molar-refractivity contribution < 1.29 is 23.8 Å². The Morgan fingerprint density at radius 1 is 0.882 bits per heavy atom. The van der Waals surface area contributed by atoms with Crippen molar-refractivity contribution in [1.29, 1.82) is 0 Å². The van der Waals surface area contributed by atoms with E-state index in [1.54, 1.807) is 0 Å². The maximum atomic E-state index is 10.4. The molecule has 0 amide bonds. The van der Waals surface area contributed by atoms with Gasteiger partial charge in [-0.25, -0.2) is 0 Å². The van der Waals surface area contributed by atoms with Crippen molar-refractivity contribution in [1.82, 2.24) is 20.6 Å². The monoisotopic (exact) mass is 244 g/mol. The van der Waals surface area contributed by atoms with E-state index in [1.165, 1.54) is 0 Å². The van der Waals surface area contributed by atoms with Crippen LogP contribution in [0, 0.1) is 20.2 Å². The van der Waals surface area contributed by atoms with Crippen LogP contribution in [0.4, 0.5) is 11.6 Å². The van der Waals surface area contributed by atoms with Crippen LogP contribution in [-0.4, -0.2) is 30.5 Å². The van der Waals surface area contributed by atoms with Gasteiger partial charge in [0.2, 0.25) is 0 Å². The number of aromatic nitrogens is 4. The average Bonchev–Trinajstić information content (AvgIpc) is 2.86. The van der Waals surface area contributed by atoms with Crippen LogP contribution >= 0.6 is 0 Å². The maximum Gasteiger partial charge on any atom is 0.478 e. The number of hydrogen-bond acceptors (Lipinski definition) is 11. The first-order valence-electron chi connectivity index (χ1n) is 3.71. The van der Waals surface area contributed by atoms with Crippen LogP contribution in [0.1, 0.15) is 0 Å². The highest BCUT2D eigenvalue weighted by molar-refractivity contribution is 5.37. The molecule has 88 valence electrons. The van der Waals surface area contributed by atoms with Crippen molar-refractivity contribution in [2.45, 2.75) is 0 Å². The van der Waals surface area contributed by atoms with Gasteiger partial charge in [0.15, 0.2) is 10.3 Å². The van der Waals surface area contributed by atoms with Gasteiger partial charge in [0.25, 0.3) is 0 Å². The highest BCUT2D eigenvalue weighted by atomic mass is 16.7. The first-order valence-corrected chi connectivity index (χ1v) is 3.71. The summed E-state index contributed by atoms with van der Waals surface area (Å²) in [5.41, 5.74) is 0. The molecule has 0 bridgehead atoms. The van der Waals surface area contributed by atoms with E-state index in [2.05, 4.69) is 34.6 Å². The molecule has 0 radical (unpaired) electrons. The molecule has 2 aromatic heterocycles. The molecular formula is C4N6O7. The summed E-state index contributed by atoms with van der Waals surface area (Å²) in [7, 11) is 0. The van der Waals surface area contributed by atoms with Crippen LogP contribution in [-0.2, 0) is 0 Å². The average molecular weight is 244 g/mol. The Labute approximate surface area is 89.2 Å². The number of nitro groups is 2. The van der Waals surface area contributed by atoms with E-state index in [0.29, 0.717) is 0 Å². The Kier molecular flexibility index (Phi) is 2.32. The van der Waals surface area contributed by atoms with E-state index >= 15 is 0 Å². The molecule has 0 aliphatic rings. The molecule has 13 nitrogen and oxygen atoms in total. The topological polar surface area (TPSA) is 173 Å². The van der Waals surface area contributed by atoms with E-state index in [0.717, 1.165) is 0 Å². The van der Waals surface area contributed by atoms with Gasteiger partial charge < -0.3 is 25.0 Å². The highest BCUT2D eigenvalue weighted by Gasteiger charge is 2.31. The van der Waals surface area contributed by atoms with Crippen LogP contribution in [0.2, 0.25) is 0 Å². The molecule has 2 aromatic rings. The molecular weight excluding hydrogens is 244 g/mol. The Bertz CT molecular complexity index is 522. The normalized spacial score (nSPS) is 10.1. The predicted molar refractivity (Wildman–Crippen MR) is 42.0 cm³/mol. The second-order valence-electron chi connectivity index (χ2n) is 2.40. The summed E-state index contributed by atoms with van der Waals surface area (Å²) >= 11 is 0. The van der Waals surface area contributed by atoms with Crippen LogP contribution in [0.15, 0.2) is 9.26 Å². The Balaban J connectivity index is 2.32. The lowest BCUT2D eigenvalue weighted by atomic mass is 10.6. The fourth-order valence-corrected chi connectivity index (χ4v) is 0.795. The van der Waals surface area contributed by atoms with Gasteiger partial charge in [-0.3, -0.25) is 0 Å². The minimum absolute atomic E-state index is 0.700. The zero-order chi connectivity index (χ0) is 12.4. The second kappa shape index (κ2) is 3.80. The molecule has 17 heavy (non-hydrogen) atoms. The third-order valence-corrected chi connectivity index (χ3v) is 1.42. The van der Waals surface area contributed by atoms with E-state index in [-0.39, 0.29) is 0 Å². The molecule has 0 unspecified atom stereocenters. The Morgan fingerprint density at radius 2 is 1.29 bits per heavy atom. The summed E-state index contributed by atoms with van der Waals surface area (Å²) in [4.78, 5) is 18.9. The zero-order valence-corrected chi connectivity index (χ0v) is 7.54. The van der Waals surface area contributed by atoms with Gasteiger partial charge in [0.1, 0.15) is 0 Å². The summed E-state index contributed by atoms with van der Waals surface area (Å²) in [6, 6.07) is 0. The van der Waals surface area contributed by atoms with Gasteiger partial charge in [-0.1, -0.05) is 0 Å². The number of nitrogens with zero attached hydrogens (tertiary/aromatic N) is 6. The van der Waals surface area contributed by atoms with Gasteiger partial charge in [-0.05, 0) is 9.85 Å². The summed E-state index contributed by atoms with van der Waals surface area (Å²) in [5.74, 6) is -3.12. The lowest BCUT2D eigenvalue weighted by Gasteiger charge is -1.93. The van der Waals surface area contributed by atoms with E-state index in [4.69, 9.17) is 0 Å². The quantitative estimate of drug-likeness (QED) is 0.524. The first kappa shape index (κ1) is 10.4. The van der Waals surface area contributed by atoms with Crippen molar-refractivity contribution in [3.8, 4) is 11.8 Å². The number of hydrogen-bond donors (Lipinski definition) is 0. The van der Waals surface area contributed by atoms with Crippen LogP contribution in [0.25, 0.3) is 0 Å². The fourth-order valence-electron chi connectivity index (χ4n) is 0.795. The summed E-state index contributed by atoms with van der Waals surface area (Å²) in [6.45, 7) is 0. The zero-order valence-electron chi connectivity index (χ0n) is 7.54. The molecule has 0 atom stereocenters. The SMILES string of the molecule is O=[N+]([O-])c1nonc1Oc1nonc1[N+](=O)[O-]. The van der Waals surface area contributed by atoms with Crippen molar-refractivity contribution in [3.05, 3.63) is 20.2 Å². The van der Waals surface area contributed by atoms with Gasteiger partial charge in [-0.15, -0.1) is 9.26 Å². The van der Waals surface area contributed by atoms with E-state index in [1.807, 2.05) is 0 Å².